The Labute approximate surface area is 135 Å². The topological polar surface area (TPSA) is 66.4 Å². The summed E-state index contributed by atoms with van der Waals surface area (Å²) in [7, 11) is -3.62. The van der Waals surface area contributed by atoms with Gasteiger partial charge in [0.05, 0.1) is 4.90 Å². The summed E-state index contributed by atoms with van der Waals surface area (Å²) in [5.41, 5.74) is 0.261. The van der Waals surface area contributed by atoms with Gasteiger partial charge in [-0.3, -0.25) is 0 Å². The Morgan fingerprint density at radius 3 is 2.14 bits per heavy atom. The van der Waals surface area contributed by atoms with Crippen molar-refractivity contribution in [1.82, 2.24) is 4.72 Å². The van der Waals surface area contributed by atoms with Gasteiger partial charge in [-0.2, -0.15) is 0 Å². The predicted molar refractivity (Wildman–Crippen MR) is 87.7 cm³/mol. The lowest BCUT2D eigenvalue weighted by molar-refractivity contribution is 0.448. The summed E-state index contributed by atoms with van der Waals surface area (Å²) in [4.78, 5) is 0.177. The number of rotatable bonds is 5. The fraction of sp³-hybridized carbons (Fsp3) is 0.250. The molecular formula is C16H18ClNO3S. The zero-order chi connectivity index (χ0) is 16.4. The molecule has 0 amide bonds. The van der Waals surface area contributed by atoms with Gasteiger partial charge in [-0.15, -0.1) is 0 Å². The molecule has 0 bridgehead atoms. The average Bonchev–Trinajstić information content (AvgIpc) is 2.40. The molecule has 2 N–H and O–H groups in total. The highest BCUT2D eigenvalue weighted by Gasteiger charge is 2.26. The van der Waals surface area contributed by atoms with Gasteiger partial charge in [-0.1, -0.05) is 23.7 Å². The average molecular weight is 340 g/mol. The van der Waals surface area contributed by atoms with Gasteiger partial charge in [0.25, 0.3) is 0 Å². The molecule has 0 fully saturated rings. The Balaban J connectivity index is 2.16. The number of aromatic hydroxyl groups is 1. The highest BCUT2D eigenvalue weighted by Crippen LogP contribution is 2.20. The SMILES string of the molecule is CC(C)(Cc1ccc(O)cc1)NS(=O)(=O)c1ccc(Cl)cc1. The molecule has 0 atom stereocenters. The Kier molecular flexibility index (Phi) is 4.80. The lowest BCUT2D eigenvalue weighted by Gasteiger charge is -2.26. The first-order chi connectivity index (χ1) is 10.2. The van der Waals surface area contributed by atoms with E-state index in [2.05, 4.69) is 4.72 Å². The van der Waals surface area contributed by atoms with E-state index in [0.717, 1.165) is 5.56 Å². The molecular weight excluding hydrogens is 322 g/mol. The van der Waals surface area contributed by atoms with Crippen LogP contribution in [0.4, 0.5) is 0 Å². The van der Waals surface area contributed by atoms with E-state index in [9.17, 15) is 13.5 Å². The van der Waals surface area contributed by atoms with E-state index in [1.807, 2.05) is 13.8 Å². The van der Waals surface area contributed by atoms with Crippen molar-refractivity contribution in [3.8, 4) is 5.75 Å². The fourth-order valence-electron chi connectivity index (χ4n) is 2.20. The monoisotopic (exact) mass is 339 g/mol. The molecule has 2 aromatic carbocycles. The van der Waals surface area contributed by atoms with E-state index >= 15 is 0 Å². The molecule has 22 heavy (non-hydrogen) atoms. The lowest BCUT2D eigenvalue weighted by Crippen LogP contribution is -2.44. The Morgan fingerprint density at radius 1 is 1.05 bits per heavy atom. The van der Waals surface area contributed by atoms with Gasteiger partial charge < -0.3 is 5.11 Å². The molecule has 0 aliphatic carbocycles. The Hall–Kier alpha value is -1.56. The van der Waals surface area contributed by atoms with E-state index < -0.39 is 15.6 Å². The van der Waals surface area contributed by atoms with Crippen molar-refractivity contribution in [2.75, 3.05) is 0 Å². The molecule has 0 saturated carbocycles. The summed E-state index contributed by atoms with van der Waals surface area (Å²) < 4.78 is 27.5. The van der Waals surface area contributed by atoms with Crippen LogP contribution in [0.25, 0.3) is 0 Å². The van der Waals surface area contributed by atoms with Gasteiger partial charge in [0.1, 0.15) is 5.75 Å². The van der Waals surface area contributed by atoms with Crippen molar-refractivity contribution in [2.24, 2.45) is 0 Å². The quantitative estimate of drug-likeness (QED) is 0.878. The summed E-state index contributed by atoms with van der Waals surface area (Å²) in [6.07, 6.45) is 0.500. The second-order valence-electron chi connectivity index (χ2n) is 5.79. The molecule has 0 spiro atoms. The molecule has 0 unspecified atom stereocenters. The smallest absolute Gasteiger partial charge is 0.241 e. The number of phenolic OH excluding ortho intramolecular Hbond substituents is 1. The van der Waals surface area contributed by atoms with Crippen molar-refractivity contribution in [1.29, 1.82) is 0 Å². The summed E-state index contributed by atoms with van der Waals surface area (Å²) in [5, 5.41) is 9.78. The number of hydrogen-bond donors (Lipinski definition) is 2. The third kappa shape index (κ3) is 4.47. The zero-order valence-electron chi connectivity index (χ0n) is 12.4. The van der Waals surface area contributed by atoms with Gasteiger partial charge in [0.15, 0.2) is 0 Å². The molecule has 2 rings (SSSR count). The third-order valence-corrected chi connectivity index (χ3v) is 5.08. The highest BCUT2D eigenvalue weighted by atomic mass is 35.5. The normalized spacial score (nSPS) is 12.3. The van der Waals surface area contributed by atoms with Crippen LogP contribution in [0, 0.1) is 0 Å². The van der Waals surface area contributed by atoms with Gasteiger partial charge in [0.2, 0.25) is 10.0 Å². The van der Waals surface area contributed by atoms with Crippen molar-refractivity contribution in [3.63, 3.8) is 0 Å². The largest absolute Gasteiger partial charge is 0.508 e. The van der Waals surface area contributed by atoms with Crippen LogP contribution in [0.5, 0.6) is 5.75 Å². The maximum absolute atomic E-state index is 12.4. The first-order valence-corrected chi connectivity index (χ1v) is 8.62. The molecule has 2 aromatic rings. The maximum atomic E-state index is 12.4. The van der Waals surface area contributed by atoms with E-state index in [1.54, 1.807) is 36.4 Å². The van der Waals surface area contributed by atoms with Crippen LogP contribution in [0.1, 0.15) is 19.4 Å². The predicted octanol–water partition coefficient (Wildman–Crippen LogP) is 3.35. The van der Waals surface area contributed by atoms with E-state index in [0.29, 0.717) is 11.4 Å². The standard InChI is InChI=1S/C16H18ClNO3S/c1-16(2,11-12-3-7-14(19)8-4-12)18-22(20,21)15-9-5-13(17)6-10-15/h3-10,18-19H,11H2,1-2H3. The number of benzene rings is 2. The summed E-state index contributed by atoms with van der Waals surface area (Å²) >= 11 is 5.78. The summed E-state index contributed by atoms with van der Waals surface area (Å²) in [6.45, 7) is 3.63. The second kappa shape index (κ2) is 6.28. The fourth-order valence-corrected chi connectivity index (χ4v) is 3.73. The number of hydrogen-bond acceptors (Lipinski definition) is 3. The van der Waals surface area contributed by atoms with Crippen molar-refractivity contribution in [2.45, 2.75) is 30.7 Å². The number of sulfonamides is 1. The van der Waals surface area contributed by atoms with Gasteiger partial charge in [0, 0.05) is 10.6 Å². The molecule has 0 saturated heterocycles. The van der Waals surface area contributed by atoms with Crippen LogP contribution >= 0.6 is 11.6 Å². The summed E-state index contributed by atoms with van der Waals surface area (Å²) in [6, 6.07) is 12.7. The molecule has 0 heterocycles. The molecule has 4 nitrogen and oxygen atoms in total. The Bertz CT molecular complexity index is 738. The lowest BCUT2D eigenvalue weighted by atomic mass is 9.96. The third-order valence-electron chi connectivity index (χ3n) is 3.12. The van der Waals surface area contributed by atoms with Crippen LogP contribution in [0.3, 0.4) is 0 Å². The van der Waals surface area contributed by atoms with Gasteiger partial charge >= 0.3 is 0 Å². The molecule has 6 heteroatoms. The number of halogens is 1. The van der Waals surface area contributed by atoms with Crippen LogP contribution < -0.4 is 4.72 Å². The maximum Gasteiger partial charge on any atom is 0.241 e. The highest BCUT2D eigenvalue weighted by molar-refractivity contribution is 7.89. The second-order valence-corrected chi connectivity index (χ2v) is 7.91. The zero-order valence-corrected chi connectivity index (χ0v) is 13.9. The van der Waals surface area contributed by atoms with Gasteiger partial charge in [-0.05, 0) is 62.2 Å². The Morgan fingerprint density at radius 2 is 1.59 bits per heavy atom. The minimum Gasteiger partial charge on any atom is -0.508 e. The molecule has 0 aliphatic rings. The number of nitrogens with one attached hydrogen (secondary N) is 1. The molecule has 0 aliphatic heterocycles. The van der Waals surface area contributed by atoms with Crippen molar-refractivity contribution < 1.29 is 13.5 Å². The molecule has 0 radical (unpaired) electrons. The first kappa shape index (κ1) is 16.8. The van der Waals surface area contributed by atoms with Crippen molar-refractivity contribution in [3.05, 3.63) is 59.1 Å². The van der Waals surface area contributed by atoms with E-state index in [-0.39, 0.29) is 10.6 Å². The molecule has 0 aromatic heterocycles. The van der Waals surface area contributed by atoms with Crippen LogP contribution in [0.2, 0.25) is 5.02 Å². The minimum absolute atomic E-state index is 0.177. The molecule has 118 valence electrons. The number of phenols is 1. The van der Waals surface area contributed by atoms with Crippen LogP contribution in [-0.2, 0) is 16.4 Å². The van der Waals surface area contributed by atoms with Gasteiger partial charge in [-0.25, -0.2) is 13.1 Å². The van der Waals surface area contributed by atoms with E-state index in [4.69, 9.17) is 11.6 Å². The van der Waals surface area contributed by atoms with Crippen LogP contribution in [0.15, 0.2) is 53.4 Å². The van der Waals surface area contributed by atoms with Crippen molar-refractivity contribution >= 4 is 21.6 Å². The first-order valence-electron chi connectivity index (χ1n) is 6.75. The minimum atomic E-state index is -3.62. The van der Waals surface area contributed by atoms with E-state index in [1.165, 1.54) is 12.1 Å². The summed E-state index contributed by atoms with van der Waals surface area (Å²) in [5.74, 6) is 0.184. The van der Waals surface area contributed by atoms with Crippen LogP contribution in [-0.4, -0.2) is 19.1 Å².